The molecule has 2 rings (SSSR count). The maximum absolute atomic E-state index is 10.5. The zero-order valence-corrected chi connectivity index (χ0v) is 13.3. The van der Waals surface area contributed by atoms with Gasteiger partial charge in [0, 0.05) is 29.6 Å². The summed E-state index contributed by atoms with van der Waals surface area (Å²) in [7, 11) is 1.60. The first-order valence-electron chi connectivity index (χ1n) is 7.57. The van der Waals surface area contributed by atoms with Crippen LogP contribution in [0.4, 0.5) is 4.79 Å². The van der Waals surface area contributed by atoms with Gasteiger partial charge < -0.3 is 15.2 Å². The Morgan fingerprint density at radius 2 is 2.27 bits per heavy atom. The minimum Gasteiger partial charge on any atom is -0.481 e. The second kappa shape index (κ2) is 7.24. The second-order valence-corrected chi connectivity index (χ2v) is 5.57. The lowest BCUT2D eigenvalue weighted by molar-refractivity contribution is 0.194. The molecule has 6 nitrogen and oxygen atoms in total. The smallest absolute Gasteiger partial charge is 0.404 e. The number of aromatic nitrogens is 1. The average molecular weight is 305 g/mol. The maximum Gasteiger partial charge on any atom is 0.404 e. The predicted molar refractivity (Wildman–Crippen MR) is 85.1 cm³/mol. The Morgan fingerprint density at radius 3 is 2.86 bits per heavy atom. The van der Waals surface area contributed by atoms with Crippen LogP contribution in [0.5, 0.6) is 5.88 Å². The third-order valence-corrected chi connectivity index (χ3v) is 3.74. The van der Waals surface area contributed by atoms with E-state index in [1.165, 1.54) is 12.8 Å². The first kappa shape index (κ1) is 16.3. The van der Waals surface area contributed by atoms with Crippen LogP contribution >= 0.6 is 0 Å². The molecule has 1 saturated carbocycles. The molecular weight excluding hydrogens is 282 g/mol. The Labute approximate surface area is 130 Å². The third kappa shape index (κ3) is 4.44. The van der Waals surface area contributed by atoms with Crippen molar-refractivity contribution in [1.29, 1.82) is 0 Å². The number of rotatable bonds is 7. The number of carbonyl (C=O) groups is 1. The van der Waals surface area contributed by atoms with Crippen molar-refractivity contribution in [1.82, 2.24) is 10.3 Å². The van der Waals surface area contributed by atoms with Crippen LogP contribution in [0.25, 0.3) is 0 Å². The lowest BCUT2D eigenvalue weighted by atomic mass is 10.0. The Bertz CT molecular complexity index is 580. The fourth-order valence-electron chi connectivity index (χ4n) is 2.36. The Morgan fingerprint density at radius 1 is 1.55 bits per heavy atom. The Hall–Kier alpha value is -2.11. The molecule has 0 unspecified atom stereocenters. The molecule has 1 aliphatic rings. The SMILES string of the molecule is COc1cc(C(C)=NC2CC2)c(C)c(CCCNC(=O)O)n1. The van der Waals surface area contributed by atoms with E-state index in [1.807, 2.05) is 19.9 Å². The number of carboxylic acid groups (broad SMARTS) is 1. The van der Waals surface area contributed by atoms with Gasteiger partial charge in [-0.05, 0) is 45.1 Å². The summed E-state index contributed by atoms with van der Waals surface area (Å²) in [6, 6.07) is 2.40. The molecule has 120 valence electrons. The van der Waals surface area contributed by atoms with E-state index in [0.29, 0.717) is 31.3 Å². The van der Waals surface area contributed by atoms with Crippen molar-refractivity contribution < 1.29 is 14.6 Å². The van der Waals surface area contributed by atoms with Crippen LogP contribution in [-0.4, -0.2) is 41.6 Å². The van der Waals surface area contributed by atoms with E-state index in [4.69, 9.17) is 14.8 Å². The normalized spacial score (nSPS) is 14.8. The van der Waals surface area contributed by atoms with Crippen LogP contribution in [0.2, 0.25) is 0 Å². The Kier molecular flexibility index (Phi) is 5.35. The molecule has 1 aliphatic carbocycles. The van der Waals surface area contributed by atoms with E-state index in [0.717, 1.165) is 22.5 Å². The van der Waals surface area contributed by atoms with Crippen molar-refractivity contribution in [3.63, 3.8) is 0 Å². The lowest BCUT2D eigenvalue weighted by Gasteiger charge is -2.13. The van der Waals surface area contributed by atoms with Gasteiger partial charge in [0.1, 0.15) is 0 Å². The molecule has 0 aliphatic heterocycles. The highest BCUT2D eigenvalue weighted by Gasteiger charge is 2.21. The number of nitrogens with one attached hydrogen (secondary N) is 1. The number of methoxy groups -OCH3 is 1. The summed E-state index contributed by atoms with van der Waals surface area (Å²) in [6.45, 7) is 4.47. The van der Waals surface area contributed by atoms with Crippen LogP contribution in [0.15, 0.2) is 11.1 Å². The standard InChI is InChI=1S/C16H23N3O3/c1-10-13(11(2)18-12-6-7-12)9-15(22-3)19-14(10)5-4-8-17-16(20)21/h9,12,17H,4-8H2,1-3H3,(H,20,21). The summed E-state index contributed by atoms with van der Waals surface area (Å²) < 4.78 is 5.29. The van der Waals surface area contributed by atoms with Crippen molar-refractivity contribution in [3.05, 3.63) is 22.9 Å². The number of aliphatic imine (C=N–C) groups is 1. The van der Waals surface area contributed by atoms with Crippen molar-refractivity contribution in [3.8, 4) is 5.88 Å². The van der Waals surface area contributed by atoms with Crippen molar-refractivity contribution in [2.24, 2.45) is 4.99 Å². The molecule has 1 fully saturated rings. The zero-order chi connectivity index (χ0) is 16.1. The highest BCUT2D eigenvalue weighted by molar-refractivity contribution is 6.00. The van der Waals surface area contributed by atoms with Gasteiger partial charge in [-0.3, -0.25) is 4.99 Å². The molecule has 6 heteroatoms. The van der Waals surface area contributed by atoms with Crippen LogP contribution in [0.3, 0.4) is 0 Å². The number of pyridine rings is 1. The van der Waals surface area contributed by atoms with Gasteiger partial charge in [-0.1, -0.05) is 0 Å². The molecule has 22 heavy (non-hydrogen) atoms. The molecular formula is C16H23N3O3. The summed E-state index contributed by atoms with van der Waals surface area (Å²) in [4.78, 5) is 19.7. The molecule has 0 radical (unpaired) electrons. The van der Waals surface area contributed by atoms with Crippen LogP contribution < -0.4 is 10.1 Å². The summed E-state index contributed by atoms with van der Waals surface area (Å²) in [5.74, 6) is 0.576. The molecule has 1 aromatic rings. The molecule has 2 N–H and O–H groups in total. The minimum absolute atomic E-state index is 0.415. The largest absolute Gasteiger partial charge is 0.481 e. The topological polar surface area (TPSA) is 83.8 Å². The van der Waals surface area contributed by atoms with Crippen molar-refractivity contribution in [2.75, 3.05) is 13.7 Å². The van der Waals surface area contributed by atoms with E-state index >= 15 is 0 Å². The number of nitrogens with zero attached hydrogens (tertiary/aromatic N) is 2. The minimum atomic E-state index is -0.997. The maximum atomic E-state index is 10.5. The molecule has 0 saturated heterocycles. The highest BCUT2D eigenvalue weighted by atomic mass is 16.5. The summed E-state index contributed by atoms with van der Waals surface area (Å²) in [5, 5.41) is 11.0. The first-order valence-corrected chi connectivity index (χ1v) is 7.57. The van der Waals surface area contributed by atoms with Gasteiger partial charge in [0.2, 0.25) is 5.88 Å². The number of amides is 1. The van der Waals surface area contributed by atoms with Gasteiger partial charge in [-0.15, -0.1) is 0 Å². The van der Waals surface area contributed by atoms with E-state index < -0.39 is 6.09 Å². The second-order valence-electron chi connectivity index (χ2n) is 5.57. The first-order chi connectivity index (χ1) is 10.5. The van der Waals surface area contributed by atoms with E-state index in [-0.39, 0.29) is 0 Å². The van der Waals surface area contributed by atoms with Crippen molar-refractivity contribution in [2.45, 2.75) is 45.6 Å². The van der Waals surface area contributed by atoms with Gasteiger partial charge in [0.25, 0.3) is 0 Å². The van der Waals surface area contributed by atoms with Gasteiger partial charge in [-0.25, -0.2) is 9.78 Å². The summed E-state index contributed by atoms with van der Waals surface area (Å²) in [6.07, 6.45) is 2.75. The number of aryl methyl sites for hydroxylation is 1. The van der Waals surface area contributed by atoms with E-state index in [9.17, 15) is 4.79 Å². The Balaban J connectivity index is 2.15. The van der Waals surface area contributed by atoms with Gasteiger partial charge >= 0.3 is 6.09 Å². The quantitative estimate of drug-likeness (QED) is 0.599. The molecule has 1 amide bonds. The van der Waals surface area contributed by atoms with Gasteiger partial charge in [0.15, 0.2) is 0 Å². The van der Waals surface area contributed by atoms with Gasteiger partial charge in [0.05, 0.1) is 13.2 Å². The van der Waals surface area contributed by atoms with Crippen LogP contribution in [0.1, 0.15) is 43.0 Å². The van der Waals surface area contributed by atoms with E-state index in [1.54, 1.807) is 7.11 Å². The molecule has 1 heterocycles. The average Bonchev–Trinajstić information content (AvgIpc) is 3.28. The summed E-state index contributed by atoms with van der Waals surface area (Å²) in [5.41, 5.74) is 4.12. The van der Waals surface area contributed by atoms with Gasteiger partial charge in [-0.2, -0.15) is 0 Å². The van der Waals surface area contributed by atoms with Crippen LogP contribution in [-0.2, 0) is 6.42 Å². The predicted octanol–water partition coefficient (Wildman–Crippen LogP) is 2.57. The molecule has 1 aromatic heterocycles. The number of ether oxygens (including phenoxy) is 1. The molecule has 0 atom stereocenters. The van der Waals surface area contributed by atoms with Crippen molar-refractivity contribution >= 4 is 11.8 Å². The number of hydrogen-bond donors (Lipinski definition) is 2. The molecule has 0 spiro atoms. The zero-order valence-electron chi connectivity index (χ0n) is 13.3. The van der Waals surface area contributed by atoms with Crippen LogP contribution in [0, 0.1) is 6.92 Å². The lowest BCUT2D eigenvalue weighted by Crippen LogP contribution is -2.22. The van der Waals surface area contributed by atoms with E-state index in [2.05, 4.69) is 10.3 Å². The fourth-order valence-corrected chi connectivity index (χ4v) is 2.36. The fraction of sp³-hybridized carbons (Fsp3) is 0.562. The third-order valence-electron chi connectivity index (χ3n) is 3.74. The summed E-state index contributed by atoms with van der Waals surface area (Å²) >= 11 is 0. The number of hydrogen-bond acceptors (Lipinski definition) is 4. The monoisotopic (exact) mass is 305 g/mol. The highest BCUT2D eigenvalue weighted by Crippen LogP contribution is 2.26. The molecule has 0 bridgehead atoms. The molecule has 0 aromatic carbocycles.